The maximum atomic E-state index is 10.8. The molecule has 1 aliphatic rings. The molecule has 0 amide bonds. The number of nitrogens with one attached hydrogen (secondary N) is 1. The van der Waals surface area contributed by atoms with Crippen molar-refractivity contribution < 1.29 is 30.1 Å². The highest BCUT2D eigenvalue weighted by Crippen LogP contribution is 2.27. The standard InChI is InChI=1S/C13H18N2O7/c1-6-2-3-7(15(20)21)4-8(6)14-13-12(19)11(18)10(17)9(5-16)22-13/h2-4,9-14,16-19H,5H2,1H3/t9?,10-,11?,12?,13+/m0/s1. The Bertz CT molecular complexity index is 551. The van der Waals surface area contributed by atoms with Crippen molar-refractivity contribution in [1.82, 2.24) is 0 Å². The quantitative estimate of drug-likeness (QED) is 0.355. The van der Waals surface area contributed by atoms with Crippen LogP contribution in [0.1, 0.15) is 5.56 Å². The van der Waals surface area contributed by atoms with Crippen LogP contribution in [-0.4, -0.2) is 62.6 Å². The Morgan fingerprint density at radius 3 is 2.55 bits per heavy atom. The fraction of sp³-hybridized carbons (Fsp3) is 0.538. The summed E-state index contributed by atoms with van der Waals surface area (Å²) in [4.78, 5) is 10.2. The van der Waals surface area contributed by atoms with Gasteiger partial charge in [0.2, 0.25) is 0 Å². The van der Waals surface area contributed by atoms with Gasteiger partial charge in [-0.2, -0.15) is 0 Å². The Morgan fingerprint density at radius 2 is 1.95 bits per heavy atom. The summed E-state index contributed by atoms with van der Waals surface area (Å²) in [6.45, 7) is 1.16. The van der Waals surface area contributed by atoms with Crippen LogP contribution in [0.25, 0.3) is 0 Å². The average Bonchev–Trinajstić information content (AvgIpc) is 2.49. The summed E-state index contributed by atoms with van der Waals surface area (Å²) < 4.78 is 5.30. The molecule has 0 bridgehead atoms. The van der Waals surface area contributed by atoms with E-state index in [1.807, 2.05) is 0 Å². The minimum atomic E-state index is -1.51. The van der Waals surface area contributed by atoms with E-state index in [1.165, 1.54) is 18.2 Å². The van der Waals surface area contributed by atoms with Crippen molar-refractivity contribution in [3.05, 3.63) is 33.9 Å². The lowest BCUT2D eigenvalue weighted by Crippen LogP contribution is -2.60. The molecule has 1 heterocycles. The van der Waals surface area contributed by atoms with Gasteiger partial charge in [-0.05, 0) is 12.5 Å². The molecule has 122 valence electrons. The Balaban J connectivity index is 2.22. The summed E-state index contributed by atoms with van der Waals surface area (Å²) in [5, 5.41) is 52.0. The number of anilines is 1. The fourth-order valence-electron chi connectivity index (χ4n) is 2.25. The molecule has 1 fully saturated rings. The molecular formula is C13H18N2O7. The maximum absolute atomic E-state index is 10.8. The second kappa shape index (κ2) is 6.55. The van der Waals surface area contributed by atoms with Gasteiger partial charge in [0.15, 0.2) is 6.23 Å². The van der Waals surface area contributed by atoms with E-state index in [0.29, 0.717) is 11.3 Å². The number of aryl methyl sites for hydroxylation is 1. The van der Waals surface area contributed by atoms with Crippen LogP contribution in [-0.2, 0) is 4.74 Å². The molecule has 0 radical (unpaired) electrons. The number of nitro groups is 1. The molecule has 1 aromatic rings. The van der Waals surface area contributed by atoms with Crippen molar-refractivity contribution in [2.45, 2.75) is 37.6 Å². The molecule has 5 N–H and O–H groups in total. The van der Waals surface area contributed by atoms with E-state index in [-0.39, 0.29) is 5.69 Å². The molecule has 1 saturated heterocycles. The lowest BCUT2D eigenvalue weighted by molar-refractivity contribution is -0.384. The van der Waals surface area contributed by atoms with Crippen LogP contribution >= 0.6 is 0 Å². The number of ether oxygens (including phenoxy) is 1. The van der Waals surface area contributed by atoms with Crippen molar-refractivity contribution in [2.24, 2.45) is 0 Å². The van der Waals surface area contributed by atoms with E-state index >= 15 is 0 Å². The number of nitro benzene ring substituents is 1. The van der Waals surface area contributed by atoms with E-state index in [1.54, 1.807) is 6.92 Å². The molecular weight excluding hydrogens is 296 g/mol. The highest BCUT2D eigenvalue weighted by Gasteiger charge is 2.43. The van der Waals surface area contributed by atoms with Crippen molar-refractivity contribution in [2.75, 3.05) is 11.9 Å². The molecule has 2 rings (SSSR count). The Kier molecular flexibility index (Phi) is 4.94. The van der Waals surface area contributed by atoms with Crippen LogP contribution in [0.2, 0.25) is 0 Å². The monoisotopic (exact) mass is 314 g/mol. The van der Waals surface area contributed by atoms with Crippen LogP contribution < -0.4 is 5.32 Å². The maximum Gasteiger partial charge on any atom is 0.271 e. The molecule has 1 aliphatic heterocycles. The number of benzene rings is 1. The van der Waals surface area contributed by atoms with Crippen LogP contribution in [0.5, 0.6) is 0 Å². The predicted molar refractivity (Wildman–Crippen MR) is 75.2 cm³/mol. The van der Waals surface area contributed by atoms with Crippen molar-refractivity contribution in [1.29, 1.82) is 0 Å². The third-order valence-corrected chi connectivity index (χ3v) is 3.62. The van der Waals surface area contributed by atoms with Crippen molar-refractivity contribution in [3.8, 4) is 0 Å². The summed E-state index contributed by atoms with van der Waals surface area (Å²) in [7, 11) is 0. The second-order valence-electron chi connectivity index (χ2n) is 5.15. The lowest BCUT2D eigenvalue weighted by atomic mass is 9.98. The number of non-ortho nitro benzene ring substituents is 1. The number of nitrogens with zero attached hydrogens (tertiary/aromatic N) is 1. The van der Waals surface area contributed by atoms with Gasteiger partial charge < -0.3 is 30.5 Å². The molecule has 0 spiro atoms. The molecule has 5 atom stereocenters. The third-order valence-electron chi connectivity index (χ3n) is 3.62. The number of hydrogen-bond donors (Lipinski definition) is 5. The lowest BCUT2D eigenvalue weighted by Gasteiger charge is -2.40. The molecule has 9 nitrogen and oxygen atoms in total. The van der Waals surface area contributed by atoms with Gasteiger partial charge in [-0.3, -0.25) is 10.1 Å². The van der Waals surface area contributed by atoms with Gasteiger partial charge in [-0.15, -0.1) is 0 Å². The van der Waals surface area contributed by atoms with E-state index in [9.17, 15) is 25.4 Å². The van der Waals surface area contributed by atoms with Gasteiger partial charge >= 0.3 is 0 Å². The number of aliphatic hydroxyl groups is 4. The van der Waals surface area contributed by atoms with E-state index in [2.05, 4.69) is 5.32 Å². The minimum absolute atomic E-state index is 0.141. The van der Waals surface area contributed by atoms with Crippen LogP contribution in [0.15, 0.2) is 18.2 Å². The fourth-order valence-corrected chi connectivity index (χ4v) is 2.25. The highest BCUT2D eigenvalue weighted by molar-refractivity contribution is 5.57. The molecule has 0 aromatic heterocycles. The van der Waals surface area contributed by atoms with Crippen molar-refractivity contribution >= 4 is 11.4 Å². The first-order chi connectivity index (χ1) is 10.3. The van der Waals surface area contributed by atoms with Crippen molar-refractivity contribution in [3.63, 3.8) is 0 Å². The summed E-state index contributed by atoms with van der Waals surface area (Å²) in [6.07, 6.45) is -6.60. The van der Waals surface area contributed by atoms with Crippen LogP contribution in [0, 0.1) is 17.0 Å². The Morgan fingerprint density at radius 1 is 1.27 bits per heavy atom. The largest absolute Gasteiger partial charge is 0.394 e. The van der Waals surface area contributed by atoms with Gasteiger partial charge in [0.25, 0.3) is 5.69 Å². The zero-order valence-electron chi connectivity index (χ0n) is 11.8. The molecule has 0 saturated carbocycles. The summed E-state index contributed by atoms with van der Waals surface area (Å²) in [6, 6.07) is 4.15. The van der Waals surface area contributed by atoms with E-state index in [4.69, 9.17) is 9.84 Å². The summed E-state index contributed by atoms with van der Waals surface area (Å²) in [5.41, 5.74) is 0.874. The predicted octanol–water partition coefficient (Wildman–Crippen LogP) is -0.885. The molecule has 3 unspecified atom stereocenters. The van der Waals surface area contributed by atoms with Gasteiger partial charge in [0.1, 0.15) is 24.4 Å². The number of rotatable bonds is 4. The SMILES string of the molecule is Cc1ccc([N+](=O)[O-])cc1N[C@@H]1OC(CO)[C@H](O)C(O)C1O. The van der Waals surface area contributed by atoms with E-state index < -0.39 is 42.2 Å². The zero-order valence-corrected chi connectivity index (χ0v) is 11.8. The first kappa shape index (κ1) is 16.6. The first-order valence-corrected chi connectivity index (χ1v) is 6.67. The molecule has 22 heavy (non-hydrogen) atoms. The van der Waals surface area contributed by atoms with Crippen LogP contribution in [0.3, 0.4) is 0 Å². The van der Waals surface area contributed by atoms with Gasteiger partial charge in [-0.1, -0.05) is 6.07 Å². The molecule has 0 aliphatic carbocycles. The topological polar surface area (TPSA) is 145 Å². The van der Waals surface area contributed by atoms with E-state index in [0.717, 1.165) is 0 Å². The third kappa shape index (κ3) is 3.18. The van der Waals surface area contributed by atoms with Gasteiger partial charge in [0, 0.05) is 17.8 Å². The molecule has 1 aromatic carbocycles. The van der Waals surface area contributed by atoms with Crippen LogP contribution in [0.4, 0.5) is 11.4 Å². The second-order valence-corrected chi connectivity index (χ2v) is 5.15. The first-order valence-electron chi connectivity index (χ1n) is 6.67. The van der Waals surface area contributed by atoms with Gasteiger partial charge in [-0.25, -0.2) is 0 Å². The number of aliphatic hydroxyl groups excluding tert-OH is 4. The Hall–Kier alpha value is -1.78. The minimum Gasteiger partial charge on any atom is -0.394 e. The number of hydrogen-bond acceptors (Lipinski definition) is 8. The smallest absolute Gasteiger partial charge is 0.271 e. The summed E-state index contributed by atoms with van der Waals surface area (Å²) in [5.74, 6) is 0. The normalized spacial score (nSPS) is 31.8. The summed E-state index contributed by atoms with van der Waals surface area (Å²) >= 11 is 0. The zero-order chi connectivity index (χ0) is 16.4. The average molecular weight is 314 g/mol. The van der Waals surface area contributed by atoms with Gasteiger partial charge in [0.05, 0.1) is 11.5 Å². The highest BCUT2D eigenvalue weighted by atomic mass is 16.6. The Labute approximate surface area is 125 Å². The molecule has 9 heteroatoms.